The van der Waals surface area contributed by atoms with Crippen molar-refractivity contribution in [2.45, 2.75) is 84.0 Å². The predicted molar refractivity (Wildman–Crippen MR) is 89.1 cm³/mol. The molecule has 5 heteroatoms. The van der Waals surface area contributed by atoms with Crippen LogP contribution < -0.4 is 5.32 Å². The quantitative estimate of drug-likeness (QED) is 0.818. The topological polar surface area (TPSA) is 50.8 Å². The fraction of sp³-hybridized carbons (Fsp3) is 0.941. The van der Waals surface area contributed by atoms with Crippen molar-refractivity contribution in [3.63, 3.8) is 0 Å². The van der Waals surface area contributed by atoms with Crippen LogP contribution in [0.2, 0.25) is 0 Å². The molecule has 1 N–H and O–H groups in total. The monoisotopic (exact) mass is 314 g/mol. The van der Waals surface area contributed by atoms with Gasteiger partial charge in [0, 0.05) is 31.8 Å². The van der Waals surface area contributed by atoms with Crippen LogP contribution in [-0.4, -0.2) is 55.0 Å². The first-order chi connectivity index (χ1) is 10.2. The third-order valence-corrected chi connectivity index (χ3v) is 4.02. The van der Waals surface area contributed by atoms with E-state index < -0.39 is 5.60 Å². The molecule has 1 saturated carbocycles. The summed E-state index contributed by atoms with van der Waals surface area (Å²) >= 11 is 0. The molecule has 0 heterocycles. The fourth-order valence-electron chi connectivity index (χ4n) is 2.86. The maximum absolute atomic E-state index is 12.1. The van der Waals surface area contributed by atoms with Gasteiger partial charge in [-0.15, -0.1) is 0 Å². The molecule has 130 valence electrons. The highest BCUT2D eigenvalue weighted by molar-refractivity contribution is 5.68. The Morgan fingerprint density at radius 3 is 2.36 bits per heavy atom. The van der Waals surface area contributed by atoms with E-state index in [4.69, 9.17) is 9.47 Å². The number of nitrogens with zero attached hydrogens (tertiary/aromatic N) is 1. The lowest BCUT2D eigenvalue weighted by molar-refractivity contribution is 0.0176. The molecule has 1 aliphatic carbocycles. The van der Waals surface area contributed by atoms with Crippen LogP contribution in [0.1, 0.15) is 60.3 Å². The highest BCUT2D eigenvalue weighted by Gasteiger charge is 2.29. The van der Waals surface area contributed by atoms with Gasteiger partial charge in [-0.05, 0) is 60.3 Å². The van der Waals surface area contributed by atoms with Crippen LogP contribution in [0.25, 0.3) is 0 Å². The molecule has 1 amide bonds. The number of nitrogens with one attached hydrogen (secondary N) is 1. The minimum atomic E-state index is -0.432. The molecule has 0 bridgehead atoms. The molecule has 1 rings (SSSR count). The van der Waals surface area contributed by atoms with E-state index in [0.717, 1.165) is 38.9 Å². The van der Waals surface area contributed by atoms with Gasteiger partial charge in [0.15, 0.2) is 0 Å². The molecule has 22 heavy (non-hydrogen) atoms. The Balaban J connectivity index is 2.33. The third kappa shape index (κ3) is 6.97. The summed E-state index contributed by atoms with van der Waals surface area (Å²) in [5.74, 6) is 0. The van der Waals surface area contributed by atoms with E-state index in [-0.39, 0.29) is 12.1 Å². The van der Waals surface area contributed by atoms with E-state index in [1.807, 2.05) is 34.7 Å². The Hall–Kier alpha value is -0.810. The van der Waals surface area contributed by atoms with Crippen LogP contribution in [-0.2, 0) is 9.47 Å². The van der Waals surface area contributed by atoms with Crippen molar-refractivity contribution in [3.8, 4) is 0 Å². The summed E-state index contributed by atoms with van der Waals surface area (Å²) in [7, 11) is 1.85. The number of carbonyl (C=O) groups is 1. The van der Waals surface area contributed by atoms with Crippen molar-refractivity contribution in [1.82, 2.24) is 10.2 Å². The zero-order valence-electron chi connectivity index (χ0n) is 15.1. The van der Waals surface area contributed by atoms with Crippen LogP contribution in [0.15, 0.2) is 0 Å². The molecule has 1 fully saturated rings. The van der Waals surface area contributed by atoms with Gasteiger partial charge < -0.3 is 19.7 Å². The maximum atomic E-state index is 12.1. The number of ether oxygens (including phenoxy) is 2. The lowest BCUT2D eigenvalue weighted by Crippen LogP contribution is -2.47. The zero-order valence-corrected chi connectivity index (χ0v) is 15.1. The number of hydrogen-bond donors (Lipinski definition) is 1. The van der Waals surface area contributed by atoms with Crippen molar-refractivity contribution in [3.05, 3.63) is 0 Å². The van der Waals surface area contributed by atoms with E-state index in [9.17, 15) is 4.79 Å². The Kier molecular flexibility index (Phi) is 7.63. The normalized spacial score (nSPS) is 23.9. The van der Waals surface area contributed by atoms with Crippen LogP contribution >= 0.6 is 0 Å². The second-order valence-corrected chi connectivity index (χ2v) is 7.32. The molecule has 0 aromatic heterocycles. The maximum Gasteiger partial charge on any atom is 0.410 e. The van der Waals surface area contributed by atoms with Crippen molar-refractivity contribution >= 4 is 6.09 Å². The standard InChI is InChI=1S/C17H34N2O3/c1-7-21-12-13(2)18-14-8-10-15(11-9-14)19(6)16(20)22-17(3,4)5/h13-15,18H,7-12H2,1-6H3. The van der Waals surface area contributed by atoms with Crippen LogP contribution in [0, 0.1) is 0 Å². The van der Waals surface area contributed by atoms with Gasteiger partial charge in [-0.3, -0.25) is 0 Å². The van der Waals surface area contributed by atoms with Gasteiger partial charge >= 0.3 is 6.09 Å². The highest BCUT2D eigenvalue weighted by Crippen LogP contribution is 2.24. The van der Waals surface area contributed by atoms with Gasteiger partial charge in [0.1, 0.15) is 5.60 Å². The first kappa shape index (κ1) is 19.2. The number of carbonyl (C=O) groups excluding carboxylic acids is 1. The summed E-state index contributed by atoms with van der Waals surface area (Å²) < 4.78 is 10.9. The average Bonchev–Trinajstić information content (AvgIpc) is 2.43. The number of rotatable bonds is 6. The number of amides is 1. The van der Waals surface area contributed by atoms with Gasteiger partial charge in [-0.1, -0.05) is 0 Å². The molecule has 0 aromatic carbocycles. The van der Waals surface area contributed by atoms with E-state index in [1.165, 1.54) is 0 Å². The molecule has 1 atom stereocenters. The minimum Gasteiger partial charge on any atom is -0.444 e. The predicted octanol–water partition coefficient (Wildman–Crippen LogP) is 3.18. The van der Waals surface area contributed by atoms with E-state index in [2.05, 4.69) is 12.2 Å². The molecular formula is C17H34N2O3. The van der Waals surface area contributed by atoms with Crippen molar-refractivity contribution in [2.24, 2.45) is 0 Å². The van der Waals surface area contributed by atoms with E-state index in [0.29, 0.717) is 12.1 Å². The van der Waals surface area contributed by atoms with Crippen LogP contribution in [0.4, 0.5) is 4.79 Å². The van der Waals surface area contributed by atoms with Gasteiger partial charge in [-0.25, -0.2) is 4.79 Å². The summed E-state index contributed by atoms with van der Waals surface area (Å²) in [5, 5.41) is 3.62. The van der Waals surface area contributed by atoms with Crippen molar-refractivity contribution < 1.29 is 14.3 Å². The summed E-state index contributed by atoms with van der Waals surface area (Å²) in [6.45, 7) is 11.4. The third-order valence-electron chi connectivity index (χ3n) is 4.02. The lowest BCUT2D eigenvalue weighted by atomic mass is 9.90. The van der Waals surface area contributed by atoms with Gasteiger partial charge in [0.25, 0.3) is 0 Å². The summed E-state index contributed by atoms with van der Waals surface area (Å²) in [6.07, 6.45) is 4.01. The molecule has 0 saturated heterocycles. The molecule has 1 aliphatic rings. The first-order valence-corrected chi connectivity index (χ1v) is 8.52. The molecule has 0 aliphatic heterocycles. The molecule has 1 unspecified atom stereocenters. The molecule has 5 nitrogen and oxygen atoms in total. The smallest absolute Gasteiger partial charge is 0.410 e. The Bertz CT molecular complexity index is 333. The molecule has 0 radical (unpaired) electrons. The van der Waals surface area contributed by atoms with Gasteiger partial charge in [-0.2, -0.15) is 0 Å². The summed E-state index contributed by atoms with van der Waals surface area (Å²) in [6, 6.07) is 1.19. The Morgan fingerprint density at radius 2 is 1.86 bits per heavy atom. The first-order valence-electron chi connectivity index (χ1n) is 8.52. The molecule has 0 spiro atoms. The zero-order chi connectivity index (χ0) is 16.8. The minimum absolute atomic E-state index is 0.214. The van der Waals surface area contributed by atoms with Crippen LogP contribution in [0.3, 0.4) is 0 Å². The average molecular weight is 314 g/mol. The molecular weight excluding hydrogens is 280 g/mol. The van der Waals surface area contributed by atoms with Crippen molar-refractivity contribution in [2.75, 3.05) is 20.3 Å². The fourth-order valence-corrected chi connectivity index (χ4v) is 2.86. The largest absolute Gasteiger partial charge is 0.444 e. The SMILES string of the molecule is CCOCC(C)NC1CCC(N(C)C(=O)OC(C)(C)C)CC1. The Labute approximate surface area is 135 Å². The highest BCUT2D eigenvalue weighted by atomic mass is 16.6. The summed E-state index contributed by atoms with van der Waals surface area (Å²) in [4.78, 5) is 13.9. The lowest BCUT2D eigenvalue weighted by Gasteiger charge is -2.36. The van der Waals surface area contributed by atoms with Gasteiger partial charge in [0.05, 0.1) is 6.61 Å². The Morgan fingerprint density at radius 1 is 1.27 bits per heavy atom. The van der Waals surface area contributed by atoms with Crippen LogP contribution in [0.5, 0.6) is 0 Å². The van der Waals surface area contributed by atoms with E-state index in [1.54, 1.807) is 4.90 Å². The second kappa shape index (κ2) is 8.73. The number of hydrogen-bond acceptors (Lipinski definition) is 4. The van der Waals surface area contributed by atoms with Gasteiger partial charge in [0.2, 0.25) is 0 Å². The van der Waals surface area contributed by atoms with Crippen molar-refractivity contribution in [1.29, 1.82) is 0 Å². The summed E-state index contributed by atoms with van der Waals surface area (Å²) in [5.41, 5.74) is -0.432. The second-order valence-electron chi connectivity index (χ2n) is 7.32. The molecule has 0 aromatic rings. The van der Waals surface area contributed by atoms with E-state index >= 15 is 0 Å².